The minimum absolute atomic E-state index is 0.135. The maximum absolute atomic E-state index is 13.1. The van der Waals surface area contributed by atoms with E-state index in [4.69, 9.17) is 11.6 Å². The number of phenols is 1. The zero-order valence-corrected chi connectivity index (χ0v) is 15.0. The lowest BCUT2D eigenvalue weighted by Gasteiger charge is -2.18. The summed E-state index contributed by atoms with van der Waals surface area (Å²) in [5, 5.41) is 10.2. The van der Waals surface area contributed by atoms with Crippen LogP contribution in [0.1, 0.15) is 11.1 Å². The second-order valence-electron chi connectivity index (χ2n) is 6.04. The van der Waals surface area contributed by atoms with Crippen LogP contribution in [0.2, 0.25) is 5.02 Å². The highest BCUT2D eigenvalue weighted by molar-refractivity contribution is 6.34. The maximum atomic E-state index is 13.1. The monoisotopic (exact) mass is 374 g/mol. The van der Waals surface area contributed by atoms with E-state index in [1.807, 2.05) is 42.5 Å². The molecule has 0 saturated carbocycles. The number of rotatable bonds is 3. The molecule has 132 valence electrons. The zero-order chi connectivity index (χ0) is 18.8. The quantitative estimate of drug-likeness (QED) is 0.664. The average molecular weight is 375 g/mol. The Morgan fingerprint density at radius 3 is 2.22 bits per heavy atom. The molecule has 0 radical (unpaired) electrons. The van der Waals surface area contributed by atoms with E-state index < -0.39 is 0 Å². The summed E-state index contributed by atoms with van der Waals surface area (Å²) in [7, 11) is 0. The van der Waals surface area contributed by atoms with E-state index in [1.165, 1.54) is 4.90 Å². The Balaban J connectivity index is 1.82. The highest BCUT2D eigenvalue weighted by Crippen LogP contribution is 2.29. The van der Waals surface area contributed by atoms with Gasteiger partial charge in [-0.1, -0.05) is 41.9 Å². The van der Waals surface area contributed by atoms with Crippen molar-refractivity contribution in [1.29, 1.82) is 0 Å². The van der Waals surface area contributed by atoms with E-state index in [-0.39, 0.29) is 11.7 Å². The number of anilines is 1. The largest absolute Gasteiger partial charge is 0.508 e. The van der Waals surface area contributed by atoms with Crippen LogP contribution in [0.4, 0.5) is 5.69 Å². The van der Waals surface area contributed by atoms with Crippen LogP contribution in [0.25, 0.3) is 6.08 Å². The van der Waals surface area contributed by atoms with Crippen molar-refractivity contribution in [3.05, 3.63) is 101 Å². The molecule has 3 aromatic rings. The molecular weight excluding hydrogens is 360 g/mol. The highest BCUT2D eigenvalue weighted by atomic mass is 35.5. The number of aliphatic imine (C=N–C) groups is 1. The van der Waals surface area contributed by atoms with Crippen molar-refractivity contribution < 1.29 is 9.90 Å². The van der Waals surface area contributed by atoms with Crippen LogP contribution < -0.4 is 4.90 Å². The third kappa shape index (κ3) is 3.48. The average Bonchev–Trinajstić information content (AvgIpc) is 3.00. The van der Waals surface area contributed by atoms with Crippen molar-refractivity contribution in [3.63, 3.8) is 0 Å². The number of carbonyl (C=O) groups is 1. The number of amidine groups is 1. The lowest BCUT2D eigenvalue weighted by Crippen LogP contribution is -2.32. The lowest BCUT2D eigenvalue weighted by atomic mass is 10.1. The fourth-order valence-electron chi connectivity index (χ4n) is 2.86. The summed E-state index contributed by atoms with van der Waals surface area (Å²) in [4.78, 5) is 19.2. The molecule has 4 nitrogen and oxygen atoms in total. The topological polar surface area (TPSA) is 52.9 Å². The van der Waals surface area contributed by atoms with Gasteiger partial charge in [0, 0.05) is 10.6 Å². The van der Waals surface area contributed by atoms with Crippen LogP contribution in [0.5, 0.6) is 5.75 Å². The van der Waals surface area contributed by atoms with Gasteiger partial charge in [0.15, 0.2) is 0 Å². The Morgan fingerprint density at radius 1 is 0.889 bits per heavy atom. The molecule has 1 aliphatic rings. The van der Waals surface area contributed by atoms with Gasteiger partial charge in [0.25, 0.3) is 5.91 Å². The molecule has 1 heterocycles. The third-order valence-electron chi connectivity index (χ3n) is 4.17. The van der Waals surface area contributed by atoms with Crippen molar-refractivity contribution in [2.45, 2.75) is 0 Å². The number of nitrogens with zero attached hydrogens (tertiary/aromatic N) is 2. The molecule has 1 amide bonds. The molecule has 4 rings (SSSR count). The molecule has 27 heavy (non-hydrogen) atoms. The molecule has 0 bridgehead atoms. The van der Waals surface area contributed by atoms with Crippen molar-refractivity contribution in [2.24, 2.45) is 4.99 Å². The normalized spacial score (nSPS) is 15.3. The van der Waals surface area contributed by atoms with Crippen molar-refractivity contribution in [2.75, 3.05) is 4.90 Å². The van der Waals surface area contributed by atoms with Crippen molar-refractivity contribution >= 4 is 35.1 Å². The van der Waals surface area contributed by atoms with Crippen molar-refractivity contribution in [1.82, 2.24) is 0 Å². The van der Waals surface area contributed by atoms with Gasteiger partial charge < -0.3 is 5.11 Å². The zero-order valence-electron chi connectivity index (χ0n) is 14.2. The molecule has 0 aromatic heterocycles. The fourth-order valence-corrected chi connectivity index (χ4v) is 2.98. The standard InChI is InChI=1S/C22H15ClN2O2/c23-17-8-6-16(7-9-17)21-24-20(14-15-4-2-1-3-5-15)22(27)25(21)18-10-12-19(26)13-11-18/h1-14,26H/b20-14+. The summed E-state index contributed by atoms with van der Waals surface area (Å²) in [5.41, 5.74) is 2.65. The summed E-state index contributed by atoms with van der Waals surface area (Å²) in [6.45, 7) is 0. The minimum Gasteiger partial charge on any atom is -0.508 e. The van der Waals surface area contributed by atoms with E-state index in [1.54, 1.807) is 42.5 Å². The lowest BCUT2D eigenvalue weighted by molar-refractivity contribution is -0.113. The Morgan fingerprint density at radius 2 is 1.56 bits per heavy atom. The van der Waals surface area contributed by atoms with Gasteiger partial charge in [-0.25, -0.2) is 4.99 Å². The van der Waals surface area contributed by atoms with E-state index >= 15 is 0 Å². The molecule has 3 aromatic carbocycles. The van der Waals surface area contributed by atoms with Gasteiger partial charge in [-0.2, -0.15) is 0 Å². The van der Waals surface area contributed by atoms with Crippen LogP contribution in [0, 0.1) is 0 Å². The van der Waals surface area contributed by atoms with Gasteiger partial charge >= 0.3 is 0 Å². The predicted molar refractivity (Wildman–Crippen MR) is 108 cm³/mol. The molecule has 0 fully saturated rings. The second-order valence-corrected chi connectivity index (χ2v) is 6.48. The summed E-state index contributed by atoms with van der Waals surface area (Å²) < 4.78 is 0. The molecule has 1 aliphatic heterocycles. The summed E-state index contributed by atoms with van der Waals surface area (Å²) in [5.74, 6) is 0.425. The van der Waals surface area contributed by atoms with Crippen LogP contribution >= 0.6 is 11.6 Å². The molecule has 0 saturated heterocycles. The molecule has 0 atom stereocenters. The van der Waals surface area contributed by atoms with Crippen LogP contribution in [0.15, 0.2) is 89.6 Å². The SMILES string of the molecule is O=C1/C(=C\c2ccccc2)N=C(c2ccc(Cl)cc2)N1c1ccc(O)cc1. The van der Waals surface area contributed by atoms with Gasteiger partial charge in [0.1, 0.15) is 17.3 Å². The summed E-state index contributed by atoms with van der Waals surface area (Å²) >= 11 is 5.99. The van der Waals surface area contributed by atoms with Crippen LogP contribution in [-0.4, -0.2) is 16.8 Å². The van der Waals surface area contributed by atoms with E-state index in [0.29, 0.717) is 22.2 Å². The number of carbonyl (C=O) groups excluding carboxylic acids is 1. The second kappa shape index (κ2) is 7.09. The summed E-state index contributed by atoms with van der Waals surface area (Å²) in [6, 6.07) is 23.2. The van der Waals surface area contributed by atoms with Gasteiger partial charge in [0.05, 0.1) is 5.69 Å². The number of hydrogen-bond acceptors (Lipinski definition) is 3. The van der Waals surface area contributed by atoms with Gasteiger partial charge in [-0.05, 0) is 60.2 Å². The molecule has 0 spiro atoms. The maximum Gasteiger partial charge on any atom is 0.282 e. The Bertz CT molecular complexity index is 1040. The van der Waals surface area contributed by atoms with E-state index in [2.05, 4.69) is 4.99 Å². The first kappa shape index (κ1) is 17.1. The molecule has 0 unspecified atom stereocenters. The van der Waals surface area contributed by atoms with E-state index in [9.17, 15) is 9.90 Å². The summed E-state index contributed by atoms with van der Waals surface area (Å²) in [6.07, 6.45) is 1.76. The number of amides is 1. The molecule has 1 N–H and O–H groups in total. The van der Waals surface area contributed by atoms with E-state index in [0.717, 1.165) is 11.1 Å². The third-order valence-corrected chi connectivity index (χ3v) is 4.43. The number of benzene rings is 3. The van der Waals surface area contributed by atoms with Gasteiger partial charge in [-0.15, -0.1) is 0 Å². The number of aromatic hydroxyl groups is 1. The predicted octanol–water partition coefficient (Wildman–Crippen LogP) is 4.88. The van der Waals surface area contributed by atoms with Crippen LogP contribution in [-0.2, 0) is 4.79 Å². The Labute approximate surface area is 161 Å². The number of phenolic OH excluding ortho intramolecular Hbond substituents is 1. The minimum atomic E-state index is -0.227. The first-order valence-electron chi connectivity index (χ1n) is 8.37. The van der Waals surface area contributed by atoms with Gasteiger partial charge in [-0.3, -0.25) is 9.69 Å². The fraction of sp³-hybridized carbons (Fsp3) is 0. The highest BCUT2D eigenvalue weighted by Gasteiger charge is 2.32. The van der Waals surface area contributed by atoms with Gasteiger partial charge in [0.2, 0.25) is 0 Å². The number of halogens is 1. The Hall–Kier alpha value is -3.37. The first-order chi connectivity index (χ1) is 13.1. The molecule has 5 heteroatoms. The first-order valence-corrected chi connectivity index (χ1v) is 8.74. The number of hydrogen-bond donors (Lipinski definition) is 1. The molecular formula is C22H15ClN2O2. The Kier molecular flexibility index (Phi) is 4.48. The molecule has 0 aliphatic carbocycles. The van der Waals surface area contributed by atoms with Crippen LogP contribution in [0.3, 0.4) is 0 Å². The smallest absolute Gasteiger partial charge is 0.282 e. The van der Waals surface area contributed by atoms with Crippen molar-refractivity contribution in [3.8, 4) is 5.75 Å².